The molecule has 0 fully saturated rings. The Hall–Kier alpha value is -1.24. The van der Waals surface area contributed by atoms with E-state index < -0.39 is 0 Å². The first-order chi connectivity index (χ1) is 5.83. The highest BCUT2D eigenvalue weighted by Crippen LogP contribution is 2.31. The van der Waals surface area contributed by atoms with Gasteiger partial charge in [-0.15, -0.1) is 0 Å². The number of rotatable bonds is 1. The van der Waals surface area contributed by atoms with Gasteiger partial charge in [0.15, 0.2) is 0 Å². The van der Waals surface area contributed by atoms with E-state index in [0.29, 0.717) is 6.04 Å². The predicted molar refractivity (Wildman–Crippen MR) is 52.3 cm³/mol. The van der Waals surface area contributed by atoms with Crippen molar-refractivity contribution in [3.8, 4) is 0 Å². The van der Waals surface area contributed by atoms with Crippen LogP contribution >= 0.6 is 0 Å². The van der Waals surface area contributed by atoms with Crippen LogP contribution in [-0.4, -0.2) is 6.04 Å². The van der Waals surface area contributed by atoms with Crippen LogP contribution in [-0.2, 0) is 6.42 Å². The Morgan fingerprint density at radius 1 is 1.50 bits per heavy atom. The molecule has 0 saturated carbocycles. The van der Waals surface area contributed by atoms with Gasteiger partial charge in [0.2, 0.25) is 0 Å². The lowest BCUT2D eigenvalue weighted by molar-refractivity contribution is 0.755. The molecule has 0 spiro atoms. The number of para-hydroxylation sites is 1. The molecule has 1 nitrogen and oxygen atoms in total. The van der Waals surface area contributed by atoms with Gasteiger partial charge in [0.05, 0.1) is 0 Å². The molecule has 12 heavy (non-hydrogen) atoms. The third kappa shape index (κ3) is 0.934. The van der Waals surface area contributed by atoms with Crippen LogP contribution in [0.25, 0.3) is 0 Å². The molecule has 0 N–H and O–H groups in total. The van der Waals surface area contributed by atoms with Gasteiger partial charge in [-0.2, -0.15) is 0 Å². The third-order valence-electron chi connectivity index (χ3n) is 2.46. The number of hydrogen-bond acceptors (Lipinski definition) is 1. The molecule has 2 rings (SSSR count). The highest BCUT2D eigenvalue weighted by molar-refractivity contribution is 5.60. The van der Waals surface area contributed by atoms with Crippen LogP contribution in [0, 0.1) is 0 Å². The van der Waals surface area contributed by atoms with Gasteiger partial charge in [-0.1, -0.05) is 24.8 Å². The third-order valence-corrected chi connectivity index (χ3v) is 2.46. The van der Waals surface area contributed by atoms with Crippen LogP contribution in [0.5, 0.6) is 0 Å². The molecular formula is C11H13N. The van der Waals surface area contributed by atoms with E-state index in [1.54, 1.807) is 0 Å². The quantitative estimate of drug-likeness (QED) is 0.608. The van der Waals surface area contributed by atoms with Crippen molar-refractivity contribution in [2.45, 2.75) is 19.4 Å². The summed E-state index contributed by atoms with van der Waals surface area (Å²) in [6, 6.07) is 9.08. The first-order valence-corrected chi connectivity index (χ1v) is 4.31. The molecule has 1 aliphatic heterocycles. The van der Waals surface area contributed by atoms with Crippen molar-refractivity contribution in [1.29, 1.82) is 0 Å². The Morgan fingerprint density at radius 2 is 2.25 bits per heavy atom. The summed E-state index contributed by atoms with van der Waals surface area (Å²) in [6.07, 6.45) is 3.05. The largest absolute Gasteiger partial charge is 0.345 e. The van der Waals surface area contributed by atoms with Crippen molar-refractivity contribution in [2.24, 2.45) is 0 Å². The van der Waals surface area contributed by atoms with E-state index in [1.807, 2.05) is 6.20 Å². The molecule has 0 bridgehead atoms. The smallest absolute Gasteiger partial charge is 0.0441 e. The zero-order valence-corrected chi connectivity index (χ0v) is 7.33. The maximum absolute atomic E-state index is 3.82. The van der Waals surface area contributed by atoms with Crippen LogP contribution in [0.3, 0.4) is 0 Å². The van der Waals surface area contributed by atoms with E-state index in [-0.39, 0.29) is 0 Å². The number of anilines is 1. The lowest BCUT2D eigenvalue weighted by Gasteiger charge is -2.18. The van der Waals surface area contributed by atoms with E-state index in [0.717, 1.165) is 6.42 Å². The zero-order valence-electron chi connectivity index (χ0n) is 7.33. The van der Waals surface area contributed by atoms with E-state index >= 15 is 0 Å². The Bertz CT molecular complexity index is 304. The number of nitrogens with zero attached hydrogens (tertiary/aromatic N) is 1. The summed E-state index contributed by atoms with van der Waals surface area (Å²) in [6.45, 7) is 6.04. The van der Waals surface area contributed by atoms with Gasteiger partial charge in [0.25, 0.3) is 0 Å². The fourth-order valence-corrected chi connectivity index (χ4v) is 1.87. The van der Waals surface area contributed by atoms with Crippen molar-refractivity contribution < 1.29 is 0 Å². The van der Waals surface area contributed by atoms with Gasteiger partial charge in [-0.05, 0) is 31.2 Å². The highest BCUT2D eigenvalue weighted by atomic mass is 15.2. The summed E-state index contributed by atoms with van der Waals surface area (Å²) in [5.41, 5.74) is 2.75. The average molecular weight is 159 g/mol. The lowest BCUT2D eigenvalue weighted by Crippen LogP contribution is -2.22. The molecule has 0 aliphatic carbocycles. The van der Waals surface area contributed by atoms with E-state index in [4.69, 9.17) is 0 Å². The van der Waals surface area contributed by atoms with E-state index in [1.165, 1.54) is 11.3 Å². The van der Waals surface area contributed by atoms with Crippen LogP contribution in [0.15, 0.2) is 37.0 Å². The molecule has 1 atom stereocenters. The summed E-state index contributed by atoms with van der Waals surface area (Å²) in [5, 5.41) is 0. The molecule has 0 saturated heterocycles. The molecular weight excluding hydrogens is 146 g/mol. The Balaban J connectivity index is 2.47. The molecule has 1 aliphatic rings. The van der Waals surface area contributed by atoms with Gasteiger partial charge >= 0.3 is 0 Å². The van der Waals surface area contributed by atoms with Gasteiger partial charge in [0.1, 0.15) is 0 Å². The molecule has 62 valence electrons. The summed E-state index contributed by atoms with van der Waals surface area (Å²) < 4.78 is 0. The first-order valence-electron chi connectivity index (χ1n) is 4.31. The Labute approximate surface area is 73.3 Å². The second-order valence-electron chi connectivity index (χ2n) is 3.27. The van der Waals surface area contributed by atoms with E-state index in [2.05, 4.69) is 42.7 Å². The zero-order chi connectivity index (χ0) is 8.55. The minimum Gasteiger partial charge on any atom is -0.345 e. The second-order valence-corrected chi connectivity index (χ2v) is 3.27. The average Bonchev–Trinajstić information content (AvgIpc) is 2.40. The molecule has 0 amide bonds. The topological polar surface area (TPSA) is 3.24 Å². The van der Waals surface area contributed by atoms with E-state index in [9.17, 15) is 0 Å². The first kappa shape index (κ1) is 7.41. The summed E-state index contributed by atoms with van der Waals surface area (Å²) in [4.78, 5) is 2.23. The molecule has 1 heterocycles. The standard InChI is InChI=1S/C11H13N/c1-3-12-9(2)8-10-6-4-5-7-11(10)12/h3-7,9H,1,8H2,2H3/t9-/m1/s1. The van der Waals surface area contributed by atoms with Crippen molar-refractivity contribution in [3.63, 3.8) is 0 Å². The molecule has 1 heteroatoms. The normalized spacial score (nSPS) is 20.8. The van der Waals surface area contributed by atoms with Crippen molar-refractivity contribution in [2.75, 3.05) is 4.90 Å². The minimum absolute atomic E-state index is 0.569. The maximum Gasteiger partial charge on any atom is 0.0441 e. The number of hydrogen-bond donors (Lipinski definition) is 0. The Kier molecular flexibility index (Phi) is 1.65. The molecule has 0 aromatic heterocycles. The van der Waals surface area contributed by atoms with Crippen LogP contribution in [0.4, 0.5) is 5.69 Å². The Morgan fingerprint density at radius 3 is 3.00 bits per heavy atom. The molecule has 0 radical (unpaired) electrons. The van der Waals surface area contributed by atoms with Gasteiger partial charge in [-0.3, -0.25) is 0 Å². The van der Waals surface area contributed by atoms with Crippen LogP contribution in [0.1, 0.15) is 12.5 Å². The monoisotopic (exact) mass is 159 g/mol. The van der Waals surface area contributed by atoms with Gasteiger partial charge in [0, 0.05) is 11.7 Å². The summed E-state index contributed by atoms with van der Waals surface area (Å²) in [7, 11) is 0. The number of fused-ring (bicyclic) bond motifs is 1. The summed E-state index contributed by atoms with van der Waals surface area (Å²) in [5.74, 6) is 0. The molecule has 1 aromatic carbocycles. The van der Waals surface area contributed by atoms with Crippen molar-refractivity contribution in [3.05, 3.63) is 42.6 Å². The number of benzene rings is 1. The summed E-state index contributed by atoms with van der Waals surface area (Å²) >= 11 is 0. The highest BCUT2D eigenvalue weighted by Gasteiger charge is 2.22. The van der Waals surface area contributed by atoms with Gasteiger partial charge < -0.3 is 4.90 Å². The molecule has 1 aromatic rings. The van der Waals surface area contributed by atoms with Gasteiger partial charge in [-0.25, -0.2) is 0 Å². The fraction of sp³-hybridized carbons (Fsp3) is 0.273. The van der Waals surface area contributed by atoms with Crippen molar-refractivity contribution >= 4 is 5.69 Å². The van der Waals surface area contributed by atoms with Crippen LogP contribution in [0.2, 0.25) is 0 Å². The lowest BCUT2D eigenvalue weighted by atomic mass is 10.1. The van der Waals surface area contributed by atoms with Crippen molar-refractivity contribution in [1.82, 2.24) is 0 Å². The molecule has 0 unspecified atom stereocenters. The second kappa shape index (κ2) is 2.67. The fourth-order valence-electron chi connectivity index (χ4n) is 1.87. The SMILES string of the molecule is C=CN1c2ccccc2C[C@H]1C. The predicted octanol–water partition coefficient (Wildman–Crippen LogP) is 2.58. The minimum atomic E-state index is 0.569. The maximum atomic E-state index is 3.82. The van der Waals surface area contributed by atoms with Crippen LogP contribution < -0.4 is 4.90 Å².